The Balaban J connectivity index is 1.71. The molecule has 0 spiro atoms. The Morgan fingerprint density at radius 3 is 2.06 bits per heavy atom. The van der Waals surface area contributed by atoms with Crippen molar-refractivity contribution in [1.29, 1.82) is 0 Å². The number of aliphatic carboxylic acids is 2. The van der Waals surface area contributed by atoms with Crippen LogP contribution in [0.3, 0.4) is 0 Å². The van der Waals surface area contributed by atoms with Crippen LogP contribution in [0.4, 0.5) is 0 Å². The van der Waals surface area contributed by atoms with Crippen molar-refractivity contribution in [3.8, 4) is 0 Å². The summed E-state index contributed by atoms with van der Waals surface area (Å²) < 4.78 is 0. The summed E-state index contributed by atoms with van der Waals surface area (Å²) in [5, 5.41) is 18.9. The second-order valence-electron chi connectivity index (χ2n) is 8.15. The lowest BCUT2D eigenvalue weighted by molar-refractivity contribution is -0.143. The number of carbonyl (C=O) groups is 2. The molecule has 31 heavy (non-hydrogen) atoms. The number of hydrogen-bond acceptors (Lipinski definition) is 5. The van der Waals surface area contributed by atoms with Gasteiger partial charge in [-0.05, 0) is 23.7 Å². The fraction of sp³-hybridized carbons (Fsp3) is 0.417. The van der Waals surface area contributed by atoms with Gasteiger partial charge in [0.1, 0.15) is 6.04 Å². The molecule has 1 fully saturated rings. The van der Waals surface area contributed by atoms with E-state index >= 15 is 0 Å². The molecule has 1 heterocycles. The van der Waals surface area contributed by atoms with Crippen LogP contribution in [0, 0.1) is 0 Å². The molecule has 7 nitrogen and oxygen atoms in total. The van der Waals surface area contributed by atoms with Gasteiger partial charge in [-0.15, -0.1) is 0 Å². The van der Waals surface area contributed by atoms with Gasteiger partial charge in [-0.1, -0.05) is 54.6 Å². The maximum absolute atomic E-state index is 12.1. The van der Waals surface area contributed by atoms with Crippen molar-refractivity contribution in [2.24, 2.45) is 0 Å². The monoisotopic (exact) mass is 425 g/mol. The van der Waals surface area contributed by atoms with E-state index in [4.69, 9.17) is 5.11 Å². The molecular formula is C24H31N3O4. The summed E-state index contributed by atoms with van der Waals surface area (Å²) in [6.07, 6.45) is 0.0276. The zero-order valence-electron chi connectivity index (χ0n) is 18.0. The number of carboxylic acid groups (broad SMARTS) is 2. The van der Waals surface area contributed by atoms with Crippen LogP contribution in [-0.4, -0.2) is 83.2 Å². The predicted octanol–water partition coefficient (Wildman–Crippen LogP) is 2.19. The maximum atomic E-state index is 12.1. The predicted molar refractivity (Wildman–Crippen MR) is 119 cm³/mol. The lowest BCUT2D eigenvalue weighted by Gasteiger charge is -2.30. The maximum Gasteiger partial charge on any atom is 0.325 e. The molecular weight excluding hydrogens is 394 g/mol. The third-order valence-corrected chi connectivity index (χ3v) is 5.77. The van der Waals surface area contributed by atoms with E-state index in [2.05, 4.69) is 21.7 Å². The van der Waals surface area contributed by atoms with Gasteiger partial charge >= 0.3 is 11.9 Å². The van der Waals surface area contributed by atoms with Gasteiger partial charge in [0.2, 0.25) is 0 Å². The molecule has 166 valence electrons. The van der Waals surface area contributed by atoms with E-state index in [9.17, 15) is 14.7 Å². The minimum absolute atomic E-state index is 0.0276. The van der Waals surface area contributed by atoms with Crippen LogP contribution >= 0.6 is 0 Å². The first-order chi connectivity index (χ1) is 14.9. The van der Waals surface area contributed by atoms with Gasteiger partial charge in [-0.2, -0.15) is 0 Å². The number of hydrogen-bond donors (Lipinski definition) is 2. The van der Waals surface area contributed by atoms with E-state index in [1.807, 2.05) is 54.6 Å². The van der Waals surface area contributed by atoms with Crippen molar-refractivity contribution in [2.75, 3.05) is 46.3 Å². The Hall–Kier alpha value is -2.74. The molecule has 1 atom stereocenters. The van der Waals surface area contributed by atoms with E-state index in [0.29, 0.717) is 13.1 Å². The minimum Gasteiger partial charge on any atom is -0.481 e. The summed E-state index contributed by atoms with van der Waals surface area (Å²) in [6, 6.07) is 16.5. The summed E-state index contributed by atoms with van der Waals surface area (Å²) >= 11 is 0. The van der Waals surface area contributed by atoms with Crippen LogP contribution in [0.2, 0.25) is 0 Å². The standard InChI is InChI=1S/C24H31N3O4/c1-25-11-13-26(18-20-9-7-19(8-10-20)17-22(28)29)14-16-27(15-12-25)23(24(30)31)21-5-3-2-4-6-21/h2-10,23H,11-18H2,1H3,(H,28,29)(H,30,31). The number of likely N-dealkylation sites (N-methyl/N-ethyl adjacent to an activating group) is 1. The van der Waals surface area contributed by atoms with E-state index in [-0.39, 0.29) is 6.42 Å². The number of nitrogens with zero attached hydrogens (tertiary/aromatic N) is 3. The second-order valence-corrected chi connectivity index (χ2v) is 8.15. The zero-order chi connectivity index (χ0) is 22.2. The Bertz CT molecular complexity index is 857. The molecule has 2 N–H and O–H groups in total. The summed E-state index contributed by atoms with van der Waals surface area (Å²) in [6.45, 7) is 5.49. The van der Waals surface area contributed by atoms with Crippen molar-refractivity contribution in [3.63, 3.8) is 0 Å². The Labute approximate surface area is 183 Å². The smallest absolute Gasteiger partial charge is 0.325 e. The third kappa shape index (κ3) is 6.89. The molecule has 7 heteroatoms. The van der Waals surface area contributed by atoms with Crippen molar-refractivity contribution in [3.05, 3.63) is 71.3 Å². The highest BCUT2D eigenvalue weighted by Crippen LogP contribution is 2.21. The van der Waals surface area contributed by atoms with Crippen molar-refractivity contribution in [2.45, 2.75) is 19.0 Å². The first-order valence-electron chi connectivity index (χ1n) is 10.6. The van der Waals surface area contributed by atoms with Crippen LogP contribution in [-0.2, 0) is 22.6 Å². The highest BCUT2D eigenvalue weighted by Gasteiger charge is 2.28. The highest BCUT2D eigenvalue weighted by molar-refractivity contribution is 5.75. The van der Waals surface area contributed by atoms with Crippen LogP contribution in [0.5, 0.6) is 0 Å². The summed E-state index contributed by atoms with van der Waals surface area (Å²) in [5.41, 5.74) is 2.72. The van der Waals surface area contributed by atoms with Crippen molar-refractivity contribution in [1.82, 2.24) is 14.7 Å². The van der Waals surface area contributed by atoms with Gasteiger partial charge in [-0.25, -0.2) is 0 Å². The summed E-state index contributed by atoms with van der Waals surface area (Å²) in [4.78, 5) is 29.7. The number of carboxylic acids is 2. The molecule has 1 aliphatic heterocycles. The van der Waals surface area contributed by atoms with E-state index in [1.54, 1.807) is 0 Å². The summed E-state index contributed by atoms with van der Waals surface area (Å²) in [5.74, 6) is -1.66. The van der Waals surface area contributed by atoms with Crippen molar-refractivity contribution >= 4 is 11.9 Å². The van der Waals surface area contributed by atoms with Gasteiger partial charge in [0.05, 0.1) is 6.42 Å². The molecule has 2 aromatic carbocycles. The van der Waals surface area contributed by atoms with E-state index < -0.39 is 18.0 Å². The summed E-state index contributed by atoms with van der Waals surface area (Å²) in [7, 11) is 2.07. The average Bonchev–Trinajstić information content (AvgIpc) is 2.82. The van der Waals surface area contributed by atoms with E-state index in [0.717, 1.165) is 49.4 Å². The molecule has 1 aliphatic rings. The lowest BCUT2D eigenvalue weighted by Crippen LogP contribution is -2.41. The lowest BCUT2D eigenvalue weighted by atomic mass is 10.1. The molecule has 0 aromatic heterocycles. The molecule has 2 aromatic rings. The van der Waals surface area contributed by atoms with E-state index in [1.165, 1.54) is 0 Å². The van der Waals surface area contributed by atoms with Crippen molar-refractivity contribution < 1.29 is 19.8 Å². The Morgan fingerprint density at radius 2 is 1.42 bits per heavy atom. The largest absolute Gasteiger partial charge is 0.481 e. The van der Waals surface area contributed by atoms with Crippen LogP contribution < -0.4 is 0 Å². The van der Waals surface area contributed by atoms with Gasteiger partial charge in [0.15, 0.2) is 0 Å². The van der Waals surface area contributed by atoms with Gasteiger partial charge in [-0.3, -0.25) is 19.4 Å². The topological polar surface area (TPSA) is 84.3 Å². The fourth-order valence-corrected chi connectivity index (χ4v) is 3.97. The first kappa shape index (κ1) is 22.9. The average molecular weight is 426 g/mol. The second kappa shape index (κ2) is 11.0. The molecule has 0 saturated carbocycles. The van der Waals surface area contributed by atoms with Crippen LogP contribution in [0.1, 0.15) is 22.7 Å². The number of benzene rings is 2. The SMILES string of the molecule is CN1CCN(Cc2ccc(CC(=O)O)cc2)CCN(C(C(=O)O)c2ccccc2)CC1. The third-order valence-electron chi connectivity index (χ3n) is 5.77. The van der Waals surface area contributed by atoms with Crippen LogP contribution in [0.25, 0.3) is 0 Å². The molecule has 3 rings (SSSR count). The Morgan fingerprint density at radius 1 is 0.839 bits per heavy atom. The normalized spacial score (nSPS) is 18.0. The molecule has 0 amide bonds. The molecule has 0 radical (unpaired) electrons. The molecule has 1 saturated heterocycles. The highest BCUT2D eigenvalue weighted by atomic mass is 16.4. The first-order valence-corrected chi connectivity index (χ1v) is 10.6. The Kier molecular flexibility index (Phi) is 8.17. The van der Waals surface area contributed by atoms with Gasteiger partial charge in [0.25, 0.3) is 0 Å². The minimum atomic E-state index is -0.831. The van der Waals surface area contributed by atoms with Gasteiger partial charge in [0, 0.05) is 45.8 Å². The molecule has 1 unspecified atom stereocenters. The molecule has 0 aliphatic carbocycles. The number of rotatable bonds is 7. The molecule has 0 bridgehead atoms. The van der Waals surface area contributed by atoms with Crippen LogP contribution in [0.15, 0.2) is 54.6 Å². The fourth-order valence-electron chi connectivity index (χ4n) is 3.97. The van der Waals surface area contributed by atoms with Gasteiger partial charge < -0.3 is 15.1 Å². The quantitative estimate of drug-likeness (QED) is 0.703. The zero-order valence-corrected chi connectivity index (χ0v) is 18.0.